The smallest absolute Gasteiger partial charge is 0.231 e. The largest absolute Gasteiger partial charge is 0.314 e. The summed E-state index contributed by atoms with van der Waals surface area (Å²) in [5.41, 5.74) is 1.09. The van der Waals surface area contributed by atoms with Crippen molar-refractivity contribution in [3.63, 3.8) is 0 Å². The highest BCUT2D eigenvalue weighted by Crippen LogP contribution is 2.13. The van der Waals surface area contributed by atoms with Gasteiger partial charge in [0, 0.05) is 13.2 Å². The molecule has 0 aliphatic heterocycles. The average molecular weight is 244 g/mol. The van der Waals surface area contributed by atoms with E-state index in [2.05, 4.69) is 4.98 Å². The maximum Gasteiger partial charge on any atom is 0.231 e. The molecule has 3 nitrogen and oxygen atoms in total. The van der Waals surface area contributed by atoms with E-state index >= 15 is 0 Å². The van der Waals surface area contributed by atoms with Crippen LogP contribution in [0.1, 0.15) is 5.56 Å². The van der Waals surface area contributed by atoms with Crippen molar-refractivity contribution in [1.29, 1.82) is 0 Å². The molecule has 0 aliphatic rings. The van der Waals surface area contributed by atoms with Gasteiger partial charge in [0.2, 0.25) is 5.91 Å². The van der Waals surface area contributed by atoms with E-state index in [1.165, 1.54) is 11.0 Å². The monoisotopic (exact) mass is 244 g/mol. The molecule has 0 spiro atoms. The van der Waals surface area contributed by atoms with Crippen LogP contribution in [0, 0.1) is 5.82 Å². The number of pyridine rings is 1. The summed E-state index contributed by atoms with van der Waals surface area (Å²) in [7, 11) is 1.65. The molecule has 92 valence electrons. The fourth-order valence-corrected chi connectivity index (χ4v) is 1.62. The molecule has 2 aromatic rings. The molecule has 0 fully saturated rings. The van der Waals surface area contributed by atoms with Gasteiger partial charge in [-0.3, -0.25) is 9.78 Å². The van der Waals surface area contributed by atoms with Gasteiger partial charge in [0.15, 0.2) is 0 Å². The van der Waals surface area contributed by atoms with Crippen LogP contribution >= 0.6 is 0 Å². The third-order valence-electron chi connectivity index (χ3n) is 2.71. The summed E-state index contributed by atoms with van der Waals surface area (Å²) in [5, 5.41) is 0. The van der Waals surface area contributed by atoms with Crippen LogP contribution in [-0.4, -0.2) is 17.9 Å². The second kappa shape index (κ2) is 5.40. The zero-order valence-corrected chi connectivity index (χ0v) is 10.0. The molecule has 0 saturated carbocycles. The molecule has 1 amide bonds. The number of likely N-dealkylation sites (N-methyl/N-ethyl adjacent to an activating group) is 1. The summed E-state index contributed by atoms with van der Waals surface area (Å²) in [6, 6.07) is 9.83. The topological polar surface area (TPSA) is 33.2 Å². The Bertz CT molecular complexity index is 543. The highest BCUT2D eigenvalue weighted by atomic mass is 19.1. The van der Waals surface area contributed by atoms with Gasteiger partial charge in [0.1, 0.15) is 5.82 Å². The Hall–Kier alpha value is -2.23. The average Bonchev–Trinajstić information content (AvgIpc) is 2.41. The molecular formula is C14H13FN2O. The van der Waals surface area contributed by atoms with Gasteiger partial charge >= 0.3 is 0 Å². The molecule has 0 saturated heterocycles. The number of halogens is 1. The van der Waals surface area contributed by atoms with Crippen molar-refractivity contribution in [3.8, 4) is 0 Å². The number of anilines is 1. The number of nitrogens with zero attached hydrogens (tertiary/aromatic N) is 2. The Morgan fingerprint density at radius 2 is 2.06 bits per heavy atom. The first-order chi connectivity index (χ1) is 8.68. The van der Waals surface area contributed by atoms with Crippen molar-refractivity contribution in [3.05, 3.63) is 60.2 Å². The predicted octanol–water partition coefficient (Wildman–Crippen LogP) is 2.43. The van der Waals surface area contributed by atoms with Crippen molar-refractivity contribution in [1.82, 2.24) is 4.98 Å². The minimum atomic E-state index is -0.356. The minimum Gasteiger partial charge on any atom is -0.314 e. The normalized spacial score (nSPS) is 10.1. The lowest BCUT2D eigenvalue weighted by atomic mass is 10.1. The van der Waals surface area contributed by atoms with Gasteiger partial charge in [-0.2, -0.15) is 0 Å². The molecule has 1 aromatic carbocycles. The summed E-state index contributed by atoms with van der Waals surface area (Å²) in [5.74, 6) is -0.529. The summed E-state index contributed by atoms with van der Waals surface area (Å²) in [6.07, 6.45) is 3.27. The predicted molar refractivity (Wildman–Crippen MR) is 67.8 cm³/mol. The number of carbonyl (C=O) groups is 1. The lowest BCUT2D eigenvalue weighted by Gasteiger charge is -2.16. The molecule has 2 rings (SSSR count). The number of hydrogen-bond donors (Lipinski definition) is 0. The Labute approximate surface area is 105 Å². The number of benzene rings is 1. The zero-order chi connectivity index (χ0) is 13.0. The number of carbonyl (C=O) groups excluding carboxylic acids is 1. The maximum atomic E-state index is 13.4. The summed E-state index contributed by atoms with van der Waals surface area (Å²) < 4.78 is 13.4. The number of aromatic nitrogens is 1. The van der Waals surface area contributed by atoms with Crippen molar-refractivity contribution >= 4 is 11.6 Å². The van der Waals surface area contributed by atoms with Gasteiger partial charge in [0.05, 0.1) is 18.3 Å². The highest BCUT2D eigenvalue weighted by molar-refractivity contribution is 5.94. The third kappa shape index (κ3) is 2.71. The van der Waals surface area contributed by atoms with Crippen LogP contribution in [0.5, 0.6) is 0 Å². The second-order valence-corrected chi connectivity index (χ2v) is 3.93. The molecule has 0 N–H and O–H groups in total. The number of rotatable bonds is 3. The fourth-order valence-electron chi connectivity index (χ4n) is 1.62. The lowest BCUT2D eigenvalue weighted by Crippen LogP contribution is -2.28. The van der Waals surface area contributed by atoms with E-state index in [-0.39, 0.29) is 18.1 Å². The van der Waals surface area contributed by atoms with E-state index in [0.717, 1.165) is 0 Å². The van der Waals surface area contributed by atoms with Crippen LogP contribution in [0.2, 0.25) is 0 Å². The van der Waals surface area contributed by atoms with Crippen LogP contribution < -0.4 is 4.90 Å². The van der Waals surface area contributed by atoms with Crippen molar-refractivity contribution in [2.45, 2.75) is 6.42 Å². The van der Waals surface area contributed by atoms with Gasteiger partial charge in [0.25, 0.3) is 0 Å². The maximum absolute atomic E-state index is 13.4. The Kier molecular flexibility index (Phi) is 3.67. The molecular weight excluding hydrogens is 231 g/mol. The van der Waals surface area contributed by atoms with E-state index in [1.54, 1.807) is 49.8 Å². The molecule has 1 aromatic heterocycles. The quantitative estimate of drug-likeness (QED) is 0.830. The van der Waals surface area contributed by atoms with Crippen LogP contribution in [0.4, 0.5) is 10.1 Å². The molecule has 0 bridgehead atoms. The summed E-state index contributed by atoms with van der Waals surface area (Å²) in [4.78, 5) is 17.4. The van der Waals surface area contributed by atoms with Crippen LogP contribution in [0.15, 0.2) is 48.8 Å². The molecule has 0 aliphatic carbocycles. The minimum absolute atomic E-state index is 0.0397. The molecule has 4 heteroatoms. The Morgan fingerprint density at radius 1 is 1.28 bits per heavy atom. The molecule has 1 heterocycles. The van der Waals surface area contributed by atoms with Crippen LogP contribution in [-0.2, 0) is 11.2 Å². The van der Waals surface area contributed by atoms with Crippen molar-refractivity contribution in [2.24, 2.45) is 0 Å². The molecule has 0 atom stereocenters. The number of hydrogen-bond acceptors (Lipinski definition) is 2. The molecule has 0 unspecified atom stereocenters. The Morgan fingerprint density at radius 3 is 2.72 bits per heavy atom. The third-order valence-corrected chi connectivity index (χ3v) is 2.71. The first-order valence-corrected chi connectivity index (χ1v) is 5.58. The standard InChI is InChI=1S/C14H13FN2O/c1-17(12-6-4-8-16-10-12)14(18)9-11-5-2-3-7-13(11)15/h2-8,10H,9H2,1H3. The van der Waals surface area contributed by atoms with Crippen LogP contribution in [0.3, 0.4) is 0 Å². The van der Waals surface area contributed by atoms with Gasteiger partial charge < -0.3 is 4.90 Å². The second-order valence-electron chi connectivity index (χ2n) is 3.93. The summed E-state index contributed by atoms with van der Waals surface area (Å²) >= 11 is 0. The van der Waals surface area contributed by atoms with Gasteiger partial charge in [-0.25, -0.2) is 4.39 Å². The van der Waals surface area contributed by atoms with Crippen molar-refractivity contribution < 1.29 is 9.18 Å². The fraction of sp³-hybridized carbons (Fsp3) is 0.143. The summed E-state index contributed by atoms with van der Waals surface area (Å²) in [6.45, 7) is 0. The first-order valence-electron chi connectivity index (χ1n) is 5.58. The van der Waals surface area contributed by atoms with E-state index in [1.807, 2.05) is 0 Å². The van der Waals surface area contributed by atoms with E-state index < -0.39 is 0 Å². The van der Waals surface area contributed by atoms with Gasteiger partial charge in [-0.1, -0.05) is 18.2 Å². The van der Waals surface area contributed by atoms with Gasteiger partial charge in [-0.15, -0.1) is 0 Å². The lowest BCUT2D eigenvalue weighted by molar-refractivity contribution is -0.117. The molecule has 0 radical (unpaired) electrons. The first kappa shape index (κ1) is 12.2. The number of amides is 1. The van der Waals surface area contributed by atoms with Crippen LogP contribution in [0.25, 0.3) is 0 Å². The van der Waals surface area contributed by atoms with Crippen molar-refractivity contribution in [2.75, 3.05) is 11.9 Å². The van der Waals surface area contributed by atoms with Gasteiger partial charge in [-0.05, 0) is 23.8 Å². The highest BCUT2D eigenvalue weighted by Gasteiger charge is 2.13. The Balaban J connectivity index is 2.12. The SMILES string of the molecule is CN(C(=O)Cc1ccccc1F)c1cccnc1. The van der Waals surface area contributed by atoms with E-state index in [9.17, 15) is 9.18 Å². The zero-order valence-electron chi connectivity index (χ0n) is 10.0. The molecule has 18 heavy (non-hydrogen) atoms. The van der Waals surface area contributed by atoms with E-state index in [4.69, 9.17) is 0 Å². The van der Waals surface area contributed by atoms with E-state index in [0.29, 0.717) is 11.3 Å².